The lowest BCUT2D eigenvalue weighted by atomic mass is 9.85. The van der Waals surface area contributed by atoms with E-state index < -0.39 is 0 Å². The van der Waals surface area contributed by atoms with Crippen molar-refractivity contribution in [2.24, 2.45) is 5.92 Å². The SMILES string of the molecule is CC1C=Cc2oc3c(N(c4ccc5c(c4)oc4ccccc45)c4ccc5c(c4)oc4ccc6c7c(oc6c45)C(C)Cc4oc5cc(N(c6ccc8c(c6)oc6ccccc68)c6cccc8c6oc6ccccc68)ccc5c4-7)cccc3c2C1. The highest BCUT2D eigenvalue weighted by atomic mass is 16.4. The normalized spacial score (nSPS) is 15.2. The van der Waals surface area contributed by atoms with Crippen molar-refractivity contribution in [1.82, 2.24) is 0 Å². The summed E-state index contributed by atoms with van der Waals surface area (Å²) < 4.78 is 47.6. The van der Waals surface area contributed by atoms with Crippen LogP contribution in [-0.4, -0.2) is 0 Å². The Morgan fingerprint density at radius 1 is 0.349 bits per heavy atom. The fraction of sp³-hybridized carbons (Fsp3) is 0.0811. The molecule has 0 amide bonds. The highest BCUT2D eigenvalue weighted by Gasteiger charge is 2.35. The third-order valence-electron chi connectivity index (χ3n) is 17.8. The van der Waals surface area contributed by atoms with Crippen molar-refractivity contribution in [3.05, 3.63) is 223 Å². The van der Waals surface area contributed by atoms with Crippen molar-refractivity contribution in [3.63, 3.8) is 0 Å². The molecule has 0 bridgehead atoms. The van der Waals surface area contributed by atoms with E-state index in [2.05, 4.69) is 194 Å². The molecule has 0 aliphatic heterocycles. The van der Waals surface area contributed by atoms with Crippen LogP contribution in [0.4, 0.5) is 34.1 Å². The van der Waals surface area contributed by atoms with Gasteiger partial charge in [0.1, 0.15) is 67.5 Å². The molecule has 9 nitrogen and oxygen atoms in total. The van der Waals surface area contributed by atoms with Crippen LogP contribution in [0, 0.1) is 5.92 Å². The molecule has 0 saturated carbocycles. The number of furan rings is 7. The Morgan fingerprint density at radius 2 is 0.843 bits per heavy atom. The molecule has 0 saturated heterocycles. The summed E-state index contributed by atoms with van der Waals surface area (Å²) in [4.78, 5) is 4.52. The first-order valence-corrected chi connectivity index (χ1v) is 28.5. The van der Waals surface area contributed by atoms with Crippen LogP contribution in [0.5, 0.6) is 0 Å². The van der Waals surface area contributed by atoms with Gasteiger partial charge in [0.05, 0.1) is 39.5 Å². The summed E-state index contributed by atoms with van der Waals surface area (Å²) in [5, 5.41) is 11.5. The first-order chi connectivity index (χ1) is 40.9. The number of nitrogens with zero attached hydrogens (tertiary/aromatic N) is 2. The van der Waals surface area contributed by atoms with Crippen molar-refractivity contribution in [3.8, 4) is 11.1 Å². The minimum Gasteiger partial charge on any atom is -0.460 e. The Labute approximate surface area is 472 Å². The number of hydrogen-bond acceptors (Lipinski definition) is 9. The van der Waals surface area contributed by atoms with Gasteiger partial charge in [0.25, 0.3) is 0 Å². The van der Waals surface area contributed by atoms with E-state index in [0.29, 0.717) is 12.3 Å². The van der Waals surface area contributed by atoms with Crippen molar-refractivity contribution in [1.29, 1.82) is 0 Å². The maximum atomic E-state index is 7.17. The number of hydrogen-bond donors (Lipinski definition) is 0. The van der Waals surface area contributed by atoms with E-state index in [1.807, 2.05) is 36.4 Å². The van der Waals surface area contributed by atoms with Gasteiger partial charge in [-0.05, 0) is 109 Å². The van der Waals surface area contributed by atoms with Gasteiger partial charge in [-0.2, -0.15) is 0 Å². The zero-order chi connectivity index (χ0) is 54.3. The van der Waals surface area contributed by atoms with E-state index in [1.165, 1.54) is 5.56 Å². The lowest BCUT2D eigenvalue weighted by molar-refractivity contribution is 0.464. The molecule has 2 aliphatic rings. The highest BCUT2D eigenvalue weighted by molar-refractivity contribution is 6.22. The molecule has 0 N–H and O–H groups in total. The monoisotopic (exact) mass is 1070 g/mol. The maximum Gasteiger partial charge on any atom is 0.159 e. The van der Waals surface area contributed by atoms with Gasteiger partial charge < -0.3 is 40.7 Å². The first kappa shape index (κ1) is 45.1. The maximum absolute atomic E-state index is 7.17. The minimum atomic E-state index is 0.0498. The Balaban J connectivity index is 0.758. The Morgan fingerprint density at radius 3 is 1.49 bits per heavy atom. The Hall–Kier alpha value is -10.6. The van der Waals surface area contributed by atoms with Crippen LogP contribution < -0.4 is 9.80 Å². The first-order valence-electron chi connectivity index (χ1n) is 28.5. The zero-order valence-corrected chi connectivity index (χ0v) is 45.0. The molecule has 10 aromatic carbocycles. The van der Waals surface area contributed by atoms with Crippen molar-refractivity contribution >= 4 is 161 Å². The predicted molar refractivity (Wildman–Crippen MR) is 334 cm³/mol. The van der Waals surface area contributed by atoms with Gasteiger partial charge in [-0.1, -0.05) is 98.8 Å². The van der Waals surface area contributed by atoms with Gasteiger partial charge in [0.2, 0.25) is 0 Å². The van der Waals surface area contributed by atoms with Crippen LogP contribution in [0.15, 0.2) is 231 Å². The van der Waals surface area contributed by atoms with Crippen LogP contribution >= 0.6 is 0 Å². The quantitative estimate of drug-likeness (QED) is 0.161. The highest BCUT2D eigenvalue weighted by Crippen LogP contribution is 2.54. The van der Waals surface area contributed by atoms with E-state index in [-0.39, 0.29) is 5.92 Å². The van der Waals surface area contributed by atoms with Crippen LogP contribution in [0.1, 0.15) is 42.6 Å². The Kier molecular flexibility index (Phi) is 8.97. The minimum absolute atomic E-state index is 0.0498. The molecule has 0 fully saturated rings. The van der Waals surface area contributed by atoms with Gasteiger partial charge in [-0.25, -0.2) is 0 Å². The molecule has 2 atom stereocenters. The standard InChI is InChI=1S/C74H46N2O7/c1-39-21-31-61-55(33-39)51-15-10-17-57(73(51)82-61)76(42-23-27-49-46-12-4-7-19-59(46)78-64(49)36-42)44-25-29-53-66(38-44)79-62-32-30-54-70-68-52-28-24-43(37-65(52)80-67(68)34-40(2)71(70)83-74(54)69(53)62)75(41-22-26-48-45-11-3-6-18-58(45)77-63(48)35-41)56-16-9-14-50-47-13-5-8-20-60(47)81-72(50)56/h3-32,35-40H,33-34H2,1-2H3. The number of para-hydroxylation sites is 5. The van der Waals surface area contributed by atoms with Crippen LogP contribution in [0.25, 0.3) is 138 Å². The number of fused-ring (bicyclic) bond motifs is 23. The lowest BCUT2D eigenvalue weighted by Crippen LogP contribution is -2.10. The summed E-state index contributed by atoms with van der Waals surface area (Å²) in [6.45, 7) is 4.48. The van der Waals surface area contributed by atoms with Crippen molar-refractivity contribution in [2.75, 3.05) is 9.80 Å². The number of benzene rings is 10. The second-order valence-corrected chi connectivity index (χ2v) is 22.7. The van der Waals surface area contributed by atoms with Gasteiger partial charge in [0.15, 0.2) is 11.2 Å². The average Bonchev–Trinajstić information content (AvgIpc) is 3.25. The van der Waals surface area contributed by atoms with Crippen LogP contribution in [0.2, 0.25) is 0 Å². The van der Waals surface area contributed by atoms with Gasteiger partial charge in [-0.15, -0.1) is 0 Å². The number of allylic oxidation sites excluding steroid dienone is 1. The summed E-state index contributed by atoms with van der Waals surface area (Å²) >= 11 is 0. The molecule has 394 valence electrons. The Bertz CT molecular complexity index is 5670. The molecule has 19 rings (SSSR count). The predicted octanol–water partition coefficient (Wildman–Crippen LogP) is 22.0. The number of anilines is 6. The van der Waals surface area contributed by atoms with Crippen LogP contribution in [-0.2, 0) is 12.8 Å². The molecular weight excluding hydrogens is 1030 g/mol. The molecular formula is C74H46N2O7. The van der Waals surface area contributed by atoms with E-state index in [0.717, 1.165) is 190 Å². The molecule has 0 radical (unpaired) electrons. The number of rotatable bonds is 6. The average molecular weight is 1080 g/mol. The summed E-state index contributed by atoms with van der Waals surface area (Å²) in [7, 11) is 0. The molecule has 0 spiro atoms. The lowest BCUT2D eigenvalue weighted by Gasteiger charge is -2.25. The molecule has 7 aromatic heterocycles. The molecule has 7 heterocycles. The summed E-state index contributed by atoms with van der Waals surface area (Å²) in [5.41, 5.74) is 17.8. The second-order valence-electron chi connectivity index (χ2n) is 22.7. The summed E-state index contributed by atoms with van der Waals surface area (Å²) in [6, 6.07) is 67.7. The fourth-order valence-electron chi connectivity index (χ4n) is 14.0. The van der Waals surface area contributed by atoms with Gasteiger partial charge in [-0.3, -0.25) is 0 Å². The van der Waals surface area contributed by atoms with Crippen molar-refractivity contribution < 1.29 is 30.9 Å². The van der Waals surface area contributed by atoms with Gasteiger partial charge >= 0.3 is 0 Å². The smallest absolute Gasteiger partial charge is 0.159 e. The fourth-order valence-corrected chi connectivity index (χ4v) is 14.0. The zero-order valence-electron chi connectivity index (χ0n) is 45.0. The third kappa shape index (κ3) is 6.36. The van der Waals surface area contributed by atoms with Crippen molar-refractivity contribution in [2.45, 2.75) is 32.6 Å². The van der Waals surface area contributed by atoms with E-state index >= 15 is 0 Å². The molecule has 2 aliphatic carbocycles. The third-order valence-corrected chi connectivity index (χ3v) is 17.8. The molecule has 9 heteroatoms. The van der Waals surface area contributed by atoms with E-state index in [4.69, 9.17) is 30.9 Å². The van der Waals surface area contributed by atoms with Gasteiger partial charge in [0, 0.05) is 107 Å². The molecule has 83 heavy (non-hydrogen) atoms. The topological polar surface area (TPSA) is 98.5 Å². The largest absolute Gasteiger partial charge is 0.460 e. The summed E-state index contributed by atoms with van der Waals surface area (Å²) in [6.07, 6.45) is 5.97. The van der Waals surface area contributed by atoms with Crippen LogP contribution in [0.3, 0.4) is 0 Å². The van der Waals surface area contributed by atoms with E-state index in [9.17, 15) is 0 Å². The summed E-state index contributed by atoms with van der Waals surface area (Å²) in [5.74, 6) is 3.27. The van der Waals surface area contributed by atoms with E-state index in [1.54, 1.807) is 0 Å². The molecule has 2 unspecified atom stereocenters. The molecule has 17 aromatic rings. The second kappa shape index (κ2) is 16.5.